The van der Waals surface area contributed by atoms with Crippen LogP contribution in [0.1, 0.15) is 5.56 Å². The molecule has 3 aliphatic heterocycles. The van der Waals surface area contributed by atoms with Crippen LogP contribution in [-0.2, 0) is 16.4 Å². The van der Waals surface area contributed by atoms with Crippen molar-refractivity contribution in [3.8, 4) is 11.5 Å². The third kappa shape index (κ3) is 3.23. The molecular weight excluding hydrogens is 332 g/mol. The van der Waals surface area contributed by atoms with Crippen LogP contribution in [0, 0.1) is 0 Å². The first-order valence-electron chi connectivity index (χ1n) is 8.45. The lowest BCUT2D eigenvalue weighted by atomic mass is 10.1. The average Bonchev–Trinajstić information content (AvgIpc) is 3.11. The molecule has 0 aromatic heterocycles. The van der Waals surface area contributed by atoms with E-state index in [1.165, 1.54) is 15.4 Å². The maximum absolute atomic E-state index is 11.7. The van der Waals surface area contributed by atoms with Crippen LogP contribution < -0.4 is 19.3 Å². The molecule has 0 unspecified atom stereocenters. The third-order valence-electron chi connectivity index (χ3n) is 5.34. The minimum Gasteiger partial charge on any atom is -0.454 e. The molecule has 7 nitrogen and oxygen atoms in total. The number of sulfone groups is 1. The van der Waals surface area contributed by atoms with Gasteiger partial charge in [0.25, 0.3) is 0 Å². The molecule has 3 N–H and O–H groups in total. The van der Waals surface area contributed by atoms with Crippen LogP contribution in [0.15, 0.2) is 18.2 Å². The molecule has 1 aromatic rings. The van der Waals surface area contributed by atoms with Gasteiger partial charge >= 0.3 is 0 Å². The summed E-state index contributed by atoms with van der Waals surface area (Å²) >= 11 is 0. The van der Waals surface area contributed by atoms with Crippen molar-refractivity contribution < 1.29 is 32.8 Å². The van der Waals surface area contributed by atoms with Gasteiger partial charge in [-0.25, -0.2) is 8.42 Å². The number of aliphatic hydroxyl groups excluding tert-OH is 1. The van der Waals surface area contributed by atoms with Gasteiger partial charge in [0.2, 0.25) is 6.79 Å². The van der Waals surface area contributed by atoms with E-state index < -0.39 is 15.9 Å². The molecule has 1 aromatic carbocycles. The summed E-state index contributed by atoms with van der Waals surface area (Å²) in [6.07, 6.45) is -0.708. The predicted molar refractivity (Wildman–Crippen MR) is 86.1 cm³/mol. The van der Waals surface area contributed by atoms with Crippen LogP contribution in [0.5, 0.6) is 11.5 Å². The molecule has 2 atom stereocenters. The lowest BCUT2D eigenvalue weighted by Gasteiger charge is -2.33. The van der Waals surface area contributed by atoms with Crippen LogP contribution in [0.4, 0.5) is 0 Å². The number of benzene rings is 1. The zero-order chi connectivity index (χ0) is 16.7. The fraction of sp³-hybridized carbons (Fsp3) is 0.625. The minimum absolute atomic E-state index is 0.0745. The summed E-state index contributed by atoms with van der Waals surface area (Å²) in [4.78, 5) is 2.71. The first kappa shape index (κ1) is 16.1. The Balaban J connectivity index is 1.33. The van der Waals surface area contributed by atoms with E-state index in [0.29, 0.717) is 6.79 Å². The van der Waals surface area contributed by atoms with Gasteiger partial charge in [-0.3, -0.25) is 0 Å². The van der Waals surface area contributed by atoms with Crippen molar-refractivity contribution in [2.75, 3.05) is 44.5 Å². The summed E-state index contributed by atoms with van der Waals surface area (Å²) in [6, 6.07) is 5.93. The summed E-state index contributed by atoms with van der Waals surface area (Å²) in [7, 11) is -3.07. The van der Waals surface area contributed by atoms with Gasteiger partial charge in [0.15, 0.2) is 21.3 Å². The zero-order valence-electron chi connectivity index (χ0n) is 13.5. The number of piperazine rings is 1. The monoisotopic (exact) mass is 356 g/mol. The van der Waals surface area contributed by atoms with Gasteiger partial charge in [-0.1, -0.05) is 0 Å². The number of nitrogens with one attached hydrogen (secondary N) is 2. The minimum atomic E-state index is -3.07. The second-order valence-corrected chi connectivity index (χ2v) is 9.18. The molecule has 2 fully saturated rings. The van der Waals surface area contributed by atoms with Crippen molar-refractivity contribution in [3.63, 3.8) is 0 Å². The Morgan fingerprint density at radius 3 is 2.54 bits per heavy atom. The van der Waals surface area contributed by atoms with E-state index in [1.807, 2.05) is 12.1 Å². The number of hydrogen-bond acceptors (Lipinski definition) is 5. The molecule has 0 radical (unpaired) electrons. The Bertz CT molecular complexity index is 715. The van der Waals surface area contributed by atoms with Gasteiger partial charge in [-0.2, -0.15) is 0 Å². The van der Waals surface area contributed by atoms with Crippen LogP contribution in [-0.4, -0.2) is 70.1 Å². The van der Waals surface area contributed by atoms with E-state index in [1.54, 1.807) is 0 Å². The Morgan fingerprint density at radius 1 is 1.08 bits per heavy atom. The Labute approximate surface area is 141 Å². The Morgan fingerprint density at radius 2 is 1.83 bits per heavy atom. The first-order valence-corrected chi connectivity index (χ1v) is 10.3. The molecular formula is C16H24N2O5S+2. The summed E-state index contributed by atoms with van der Waals surface area (Å²) in [5.74, 6) is 1.67. The van der Waals surface area contributed by atoms with Crippen molar-refractivity contribution in [1.82, 2.24) is 0 Å². The van der Waals surface area contributed by atoms with E-state index in [9.17, 15) is 13.5 Å². The van der Waals surface area contributed by atoms with Crippen molar-refractivity contribution in [1.29, 1.82) is 0 Å². The molecule has 24 heavy (non-hydrogen) atoms. The molecule has 132 valence electrons. The molecule has 8 heteroatoms. The van der Waals surface area contributed by atoms with Crippen molar-refractivity contribution >= 4 is 9.84 Å². The van der Waals surface area contributed by atoms with E-state index in [-0.39, 0.29) is 17.5 Å². The van der Waals surface area contributed by atoms with Crippen LogP contribution in [0.3, 0.4) is 0 Å². The number of aliphatic hydroxyl groups is 1. The molecule has 0 saturated carbocycles. The van der Waals surface area contributed by atoms with E-state index in [2.05, 4.69) is 6.07 Å². The molecule has 2 saturated heterocycles. The quantitative estimate of drug-likeness (QED) is 0.533. The predicted octanol–water partition coefficient (Wildman–Crippen LogP) is -3.14. The van der Waals surface area contributed by atoms with Gasteiger partial charge in [-0.15, -0.1) is 0 Å². The molecule has 3 aliphatic rings. The second-order valence-electron chi connectivity index (χ2n) is 7.02. The highest BCUT2D eigenvalue weighted by Crippen LogP contribution is 2.32. The molecule has 0 spiro atoms. The lowest BCUT2D eigenvalue weighted by molar-refractivity contribution is -1.03. The zero-order valence-corrected chi connectivity index (χ0v) is 14.3. The normalized spacial score (nSPS) is 34.4. The highest BCUT2D eigenvalue weighted by molar-refractivity contribution is 7.91. The smallest absolute Gasteiger partial charge is 0.231 e. The van der Waals surface area contributed by atoms with Crippen molar-refractivity contribution in [3.05, 3.63) is 23.8 Å². The largest absolute Gasteiger partial charge is 0.454 e. The number of quaternary nitrogens is 2. The van der Waals surface area contributed by atoms with Gasteiger partial charge in [-0.05, 0) is 18.2 Å². The topological polar surface area (TPSA) is 81.7 Å². The van der Waals surface area contributed by atoms with Crippen LogP contribution in [0.25, 0.3) is 0 Å². The van der Waals surface area contributed by atoms with Crippen LogP contribution >= 0.6 is 0 Å². The SMILES string of the molecule is O=S1(=O)C[C@@H]([NH+]2CC[NH+](Cc3ccc4c(c3)OCO4)CC2)[C@@H](O)C1. The standard InChI is InChI=1S/C16H22N2O5S/c19-14-10-24(20,21)9-13(14)18-5-3-17(4-6-18)8-12-1-2-15-16(7-12)23-11-22-15/h1-2,7,13-14,19H,3-6,8-11H2/p+2/t13-,14+/m1/s1. The molecule has 0 bridgehead atoms. The Hall–Kier alpha value is -1.35. The summed E-state index contributed by atoms with van der Waals surface area (Å²) in [5, 5.41) is 10.0. The number of fused-ring (bicyclic) bond motifs is 1. The summed E-state index contributed by atoms with van der Waals surface area (Å²) in [6.45, 7) is 4.98. The summed E-state index contributed by atoms with van der Waals surface area (Å²) in [5.41, 5.74) is 1.22. The van der Waals surface area contributed by atoms with Gasteiger partial charge in [0.1, 0.15) is 50.6 Å². The van der Waals surface area contributed by atoms with Crippen molar-refractivity contribution in [2.45, 2.75) is 18.7 Å². The fourth-order valence-corrected chi connectivity index (χ4v) is 5.92. The van der Waals surface area contributed by atoms with Crippen molar-refractivity contribution in [2.24, 2.45) is 0 Å². The molecule has 3 heterocycles. The maximum atomic E-state index is 11.7. The van der Waals surface area contributed by atoms with E-state index in [4.69, 9.17) is 9.47 Å². The third-order valence-corrected chi connectivity index (χ3v) is 7.05. The number of ether oxygens (including phenoxy) is 2. The van der Waals surface area contributed by atoms with Crippen LogP contribution in [0.2, 0.25) is 0 Å². The highest BCUT2D eigenvalue weighted by Gasteiger charge is 2.44. The summed E-state index contributed by atoms with van der Waals surface area (Å²) < 4.78 is 34.1. The number of rotatable bonds is 3. The van der Waals surface area contributed by atoms with Gasteiger partial charge in [0, 0.05) is 5.56 Å². The maximum Gasteiger partial charge on any atom is 0.231 e. The fourth-order valence-electron chi connectivity index (χ4n) is 4.03. The van der Waals surface area contributed by atoms with E-state index >= 15 is 0 Å². The molecule has 4 rings (SSSR count). The second kappa shape index (κ2) is 6.18. The highest BCUT2D eigenvalue weighted by atomic mass is 32.2. The average molecular weight is 356 g/mol. The molecule has 0 amide bonds. The number of hydrogen-bond donors (Lipinski definition) is 3. The van der Waals surface area contributed by atoms with Gasteiger partial charge in [0.05, 0.1) is 5.75 Å². The van der Waals surface area contributed by atoms with E-state index in [0.717, 1.165) is 44.2 Å². The molecule has 0 aliphatic carbocycles. The Kier molecular flexibility index (Phi) is 4.16. The first-order chi connectivity index (χ1) is 11.5. The van der Waals surface area contributed by atoms with Gasteiger partial charge < -0.3 is 24.4 Å². The lowest BCUT2D eigenvalue weighted by Crippen LogP contribution is -3.29.